The lowest BCUT2D eigenvalue weighted by Crippen LogP contribution is -2.08. The summed E-state index contributed by atoms with van der Waals surface area (Å²) in [7, 11) is 0. The van der Waals surface area contributed by atoms with E-state index in [-0.39, 0.29) is 6.61 Å². The first-order valence-electron chi connectivity index (χ1n) is 4.92. The second kappa shape index (κ2) is 5.34. The van der Waals surface area contributed by atoms with Gasteiger partial charge < -0.3 is 15.0 Å². The third-order valence-electron chi connectivity index (χ3n) is 1.85. The highest BCUT2D eigenvalue weighted by atomic mass is 16.5. The first-order valence-corrected chi connectivity index (χ1v) is 4.92. The molecule has 0 amide bonds. The fourth-order valence-electron chi connectivity index (χ4n) is 1.16. The second-order valence-corrected chi connectivity index (χ2v) is 3.07. The maximum Gasteiger partial charge on any atom is 0.253 e. The predicted octanol–water partition coefficient (Wildman–Crippen LogP) is 0.607. The minimum absolute atomic E-state index is 0.275. The number of nitrogens with zero attached hydrogens (tertiary/aromatic N) is 3. The molecule has 0 aromatic carbocycles. The lowest BCUT2D eigenvalue weighted by molar-refractivity contribution is 0.104. The summed E-state index contributed by atoms with van der Waals surface area (Å²) >= 11 is 0. The van der Waals surface area contributed by atoms with Gasteiger partial charge in [-0.05, 0) is 12.1 Å². The Morgan fingerprint density at radius 1 is 1.38 bits per heavy atom. The van der Waals surface area contributed by atoms with Gasteiger partial charge >= 0.3 is 0 Å². The number of hydrogen-bond donors (Lipinski definition) is 1. The predicted molar refractivity (Wildman–Crippen MR) is 56.2 cm³/mol. The fourth-order valence-corrected chi connectivity index (χ4v) is 1.16. The Kier molecular flexibility index (Phi) is 3.58. The average molecular weight is 220 g/mol. The van der Waals surface area contributed by atoms with E-state index in [1.54, 1.807) is 6.20 Å². The SMILES string of the molecule is NCCOCc1nc(-c2ccccn2)no1. The van der Waals surface area contributed by atoms with Crippen molar-refractivity contribution in [2.75, 3.05) is 13.2 Å². The minimum Gasteiger partial charge on any atom is -0.370 e. The number of aromatic nitrogens is 3. The van der Waals surface area contributed by atoms with Crippen LogP contribution < -0.4 is 5.73 Å². The maximum atomic E-state index is 5.29. The van der Waals surface area contributed by atoms with Gasteiger partial charge in [0.05, 0.1) is 6.61 Å². The minimum atomic E-state index is 0.275. The maximum absolute atomic E-state index is 5.29. The first-order chi connectivity index (χ1) is 7.90. The molecular weight excluding hydrogens is 208 g/mol. The zero-order valence-corrected chi connectivity index (χ0v) is 8.67. The van der Waals surface area contributed by atoms with E-state index in [1.807, 2.05) is 18.2 Å². The highest BCUT2D eigenvalue weighted by molar-refractivity contribution is 5.46. The largest absolute Gasteiger partial charge is 0.370 e. The van der Waals surface area contributed by atoms with Crippen LogP contribution >= 0.6 is 0 Å². The summed E-state index contributed by atoms with van der Waals surface area (Å²) in [5.41, 5.74) is 5.96. The number of hydrogen-bond acceptors (Lipinski definition) is 6. The van der Waals surface area contributed by atoms with E-state index in [0.29, 0.717) is 30.6 Å². The standard InChI is InChI=1S/C10H12N4O2/c11-4-6-15-7-9-13-10(14-16-9)8-3-1-2-5-12-8/h1-3,5H,4,6-7,11H2. The molecule has 2 aromatic rings. The zero-order chi connectivity index (χ0) is 11.2. The summed E-state index contributed by atoms with van der Waals surface area (Å²) in [6.07, 6.45) is 1.68. The van der Waals surface area contributed by atoms with Crippen molar-refractivity contribution in [3.63, 3.8) is 0 Å². The topological polar surface area (TPSA) is 87.1 Å². The van der Waals surface area contributed by atoms with Crippen molar-refractivity contribution in [3.8, 4) is 11.5 Å². The van der Waals surface area contributed by atoms with Crippen LogP contribution in [0.5, 0.6) is 0 Å². The van der Waals surface area contributed by atoms with Crippen molar-refractivity contribution in [1.29, 1.82) is 0 Å². The van der Waals surface area contributed by atoms with Crippen molar-refractivity contribution in [2.45, 2.75) is 6.61 Å². The third-order valence-corrected chi connectivity index (χ3v) is 1.85. The van der Waals surface area contributed by atoms with Gasteiger partial charge in [0, 0.05) is 12.7 Å². The van der Waals surface area contributed by atoms with Gasteiger partial charge in [-0.3, -0.25) is 4.98 Å². The van der Waals surface area contributed by atoms with Gasteiger partial charge in [-0.25, -0.2) is 0 Å². The molecule has 0 atom stereocenters. The first kappa shape index (κ1) is 10.7. The highest BCUT2D eigenvalue weighted by Gasteiger charge is 2.08. The van der Waals surface area contributed by atoms with E-state index >= 15 is 0 Å². The van der Waals surface area contributed by atoms with Gasteiger partial charge in [0.15, 0.2) is 0 Å². The summed E-state index contributed by atoms with van der Waals surface area (Å²) < 4.78 is 10.2. The smallest absolute Gasteiger partial charge is 0.253 e. The van der Waals surface area contributed by atoms with Gasteiger partial charge in [-0.15, -0.1) is 0 Å². The monoisotopic (exact) mass is 220 g/mol. The van der Waals surface area contributed by atoms with Crippen LogP contribution in [-0.2, 0) is 11.3 Å². The number of nitrogens with two attached hydrogens (primary N) is 1. The normalized spacial score (nSPS) is 10.6. The molecule has 0 aliphatic rings. The molecule has 0 aliphatic heterocycles. The van der Waals surface area contributed by atoms with Crippen LogP contribution in [0, 0.1) is 0 Å². The highest BCUT2D eigenvalue weighted by Crippen LogP contribution is 2.11. The molecule has 0 fully saturated rings. The van der Waals surface area contributed by atoms with Crippen LogP contribution in [0.4, 0.5) is 0 Å². The fraction of sp³-hybridized carbons (Fsp3) is 0.300. The number of ether oxygens (including phenoxy) is 1. The Bertz CT molecular complexity index is 429. The molecule has 6 nitrogen and oxygen atoms in total. The molecule has 2 rings (SSSR count). The van der Waals surface area contributed by atoms with Crippen molar-refractivity contribution in [2.24, 2.45) is 5.73 Å². The van der Waals surface area contributed by atoms with E-state index in [0.717, 1.165) is 0 Å². The summed E-state index contributed by atoms with van der Waals surface area (Å²) in [4.78, 5) is 8.26. The molecule has 6 heteroatoms. The van der Waals surface area contributed by atoms with E-state index in [1.165, 1.54) is 0 Å². The van der Waals surface area contributed by atoms with Gasteiger partial charge in [-0.2, -0.15) is 4.98 Å². The van der Waals surface area contributed by atoms with Crippen molar-refractivity contribution in [3.05, 3.63) is 30.3 Å². The van der Waals surface area contributed by atoms with E-state index < -0.39 is 0 Å². The van der Waals surface area contributed by atoms with E-state index in [4.69, 9.17) is 15.0 Å². The molecule has 2 N–H and O–H groups in total. The molecule has 0 spiro atoms. The molecule has 0 radical (unpaired) electrons. The van der Waals surface area contributed by atoms with Gasteiger partial charge in [0.1, 0.15) is 12.3 Å². The molecule has 16 heavy (non-hydrogen) atoms. The Labute approximate surface area is 92.4 Å². The molecular formula is C10H12N4O2. The summed E-state index contributed by atoms with van der Waals surface area (Å²) in [6, 6.07) is 5.51. The molecule has 0 bridgehead atoms. The lowest BCUT2D eigenvalue weighted by Gasteiger charge is -1.95. The van der Waals surface area contributed by atoms with Crippen molar-refractivity contribution >= 4 is 0 Å². The second-order valence-electron chi connectivity index (χ2n) is 3.07. The number of rotatable bonds is 5. The average Bonchev–Trinajstić information content (AvgIpc) is 2.79. The van der Waals surface area contributed by atoms with Crippen LogP contribution in [-0.4, -0.2) is 28.3 Å². The zero-order valence-electron chi connectivity index (χ0n) is 8.67. The van der Waals surface area contributed by atoms with Crippen LogP contribution in [0.2, 0.25) is 0 Å². The van der Waals surface area contributed by atoms with Gasteiger partial charge in [-0.1, -0.05) is 11.2 Å². The Morgan fingerprint density at radius 2 is 2.31 bits per heavy atom. The molecule has 0 saturated heterocycles. The number of pyridine rings is 1. The van der Waals surface area contributed by atoms with Crippen molar-refractivity contribution < 1.29 is 9.26 Å². The molecule has 0 aliphatic carbocycles. The van der Waals surface area contributed by atoms with Crippen LogP contribution in [0.3, 0.4) is 0 Å². The molecule has 2 aromatic heterocycles. The molecule has 0 saturated carbocycles. The van der Waals surface area contributed by atoms with Crippen LogP contribution in [0.1, 0.15) is 5.89 Å². The molecule has 2 heterocycles. The third kappa shape index (κ3) is 2.62. The van der Waals surface area contributed by atoms with Crippen LogP contribution in [0.15, 0.2) is 28.9 Å². The Morgan fingerprint density at radius 3 is 3.06 bits per heavy atom. The van der Waals surface area contributed by atoms with E-state index in [2.05, 4.69) is 15.1 Å². The Hall–Kier alpha value is -1.79. The van der Waals surface area contributed by atoms with E-state index in [9.17, 15) is 0 Å². The lowest BCUT2D eigenvalue weighted by atomic mass is 10.3. The van der Waals surface area contributed by atoms with Crippen molar-refractivity contribution in [1.82, 2.24) is 15.1 Å². The summed E-state index contributed by atoms with van der Waals surface area (Å²) in [5, 5.41) is 3.81. The van der Waals surface area contributed by atoms with Gasteiger partial charge in [0.2, 0.25) is 5.82 Å². The quantitative estimate of drug-likeness (QED) is 0.743. The summed E-state index contributed by atoms with van der Waals surface area (Å²) in [6.45, 7) is 1.22. The van der Waals surface area contributed by atoms with Gasteiger partial charge in [0.25, 0.3) is 5.89 Å². The van der Waals surface area contributed by atoms with Crippen LogP contribution in [0.25, 0.3) is 11.5 Å². The summed E-state index contributed by atoms with van der Waals surface area (Å²) in [5.74, 6) is 0.890. The molecule has 0 unspecified atom stereocenters. The molecule has 84 valence electrons. The Balaban J connectivity index is 2.02.